The summed E-state index contributed by atoms with van der Waals surface area (Å²) in [4.78, 5) is 27.8. The number of aromatic nitrogens is 8. The Hall–Kier alpha value is -8.41. The average molecular weight is 1070 g/mol. The van der Waals surface area contributed by atoms with Crippen molar-refractivity contribution in [2.75, 3.05) is 62.4 Å². The van der Waals surface area contributed by atoms with Gasteiger partial charge in [-0.2, -0.15) is 36.3 Å². The number of nitrogen functional groups attached to an aromatic ring is 1. The Labute approximate surface area is 428 Å². The monoisotopic (exact) mass is 1060 g/mol. The molecule has 0 radical (unpaired) electrons. The zero-order valence-corrected chi connectivity index (χ0v) is 41.3. The lowest BCUT2D eigenvalue weighted by Crippen LogP contribution is -2.35. The summed E-state index contributed by atoms with van der Waals surface area (Å²) >= 11 is 5.72. The Kier molecular flexibility index (Phi) is 15.2. The Morgan fingerprint density at radius 2 is 1.12 bits per heavy atom. The number of aryl methyl sites for hydroxylation is 2. The van der Waals surface area contributed by atoms with Crippen molar-refractivity contribution in [1.82, 2.24) is 39.0 Å². The van der Waals surface area contributed by atoms with Crippen LogP contribution in [-0.2, 0) is 12.4 Å². The van der Waals surface area contributed by atoms with Gasteiger partial charge in [0, 0.05) is 50.0 Å². The molecule has 2 aliphatic rings. The number of methoxy groups -OCH3 is 2. The van der Waals surface area contributed by atoms with E-state index in [1.807, 2.05) is 53.6 Å². The van der Waals surface area contributed by atoms with Crippen LogP contribution >= 0.6 is 11.6 Å². The molecule has 0 bridgehead atoms. The van der Waals surface area contributed by atoms with Crippen molar-refractivity contribution in [2.45, 2.75) is 38.3 Å². The normalized spacial score (nSPS) is 15.0. The Bertz CT molecular complexity index is 3340. The van der Waals surface area contributed by atoms with Gasteiger partial charge in [-0.05, 0) is 97.2 Å². The maximum Gasteiger partial charge on any atom is 0.416 e. The number of anilines is 5. The molecule has 0 amide bonds. The average Bonchev–Trinajstić information content (AvgIpc) is 4.01. The van der Waals surface area contributed by atoms with Crippen LogP contribution in [0.2, 0.25) is 5.28 Å². The third-order valence-corrected chi connectivity index (χ3v) is 12.0. The smallest absolute Gasteiger partial charge is 0.416 e. The fourth-order valence-electron chi connectivity index (χ4n) is 8.17. The van der Waals surface area contributed by atoms with Crippen LogP contribution in [0.25, 0.3) is 11.4 Å². The van der Waals surface area contributed by atoms with Gasteiger partial charge in [-0.25, -0.2) is 28.7 Å². The zero-order chi connectivity index (χ0) is 53.9. The number of nitrogens with two attached hydrogens (primary N) is 1. The van der Waals surface area contributed by atoms with Crippen molar-refractivity contribution >= 4 is 40.6 Å². The van der Waals surface area contributed by atoms with Crippen LogP contribution in [0.15, 0.2) is 110 Å². The van der Waals surface area contributed by atoms with E-state index in [1.165, 1.54) is 22.2 Å². The Morgan fingerprint density at radius 1 is 0.640 bits per heavy atom. The molecule has 0 spiro atoms. The predicted molar refractivity (Wildman–Crippen MR) is 263 cm³/mol. The molecule has 25 heteroatoms. The first-order valence-electron chi connectivity index (χ1n) is 22.4. The minimum Gasteiger partial charge on any atom is -0.494 e. The summed E-state index contributed by atoms with van der Waals surface area (Å²) < 4.78 is 134. The molecule has 0 fully saturated rings. The molecule has 0 saturated heterocycles. The van der Waals surface area contributed by atoms with Crippen molar-refractivity contribution < 1.29 is 54.1 Å². The molecule has 3 N–H and O–H groups in total. The van der Waals surface area contributed by atoms with Crippen LogP contribution in [0.4, 0.5) is 64.1 Å². The number of nitrogens with zero attached hydrogens (tertiary/aromatic N) is 10. The predicted octanol–water partition coefficient (Wildman–Crippen LogP) is 11.1. The highest BCUT2D eigenvalue weighted by Gasteiger charge is 2.40. The van der Waals surface area contributed by atoms with Gasteiger partial charge in [0.05, 0.1) is 85.2 Å². The van der Waals surface area contributed by atoms with E-state index in [4.69, 9.17) is 36.3 Å². The van der Waals surface area contributed by atoms with E-state index >= 15 is 0 Å². The van der Waals surface area contributed by atoms with Crippen LogP contribution in [0, 0.1) is 25.5 Å². The number of likely N-dealkylation sites (N-methyl/N-ethyl adjacent to an activating group) is 2. The van der Waals surface area contributed by atoms with Gasteiger partial charge in [0.25, 0.3) is 0 Å². The molecule has 0 aliphatic carbocycles. The number of hydrogen-bond acceptors (Lipinski definition) is 14. The number of ether oxygens (including phenoxy) is 4. The molecule has 75 heavy (non-hydrogen) atoms. The lowest BCUT2D eigenvalue weighted by Gasteiger charge is -2.36. The molecule has 4 aromatic carbocycles. The maximum atomic E-state index is 13.9. The molecule has 2 unspecified atom stereocenters. The van der Waals surface area contributed by atoms with Gasteiger partial charge in [0.2, 0.25) is 11.2 Å². The summed E-state index contributed by atoms with van der Waals surface area (Å²) in [6, 6.07) is 14.0. The summed E-state index contributed by atoms with van der Waals surface area (Å²) in [5, 5.41) is 3.02. The second-order valence-electron chi connectivity index (χ2n) is 16.8. The molecule has 2 aliphatic heterocycles. The van der Waals surface area contributed by atoms with Crippen molar-refractivity contribution in [1.29, 1.82) is 0 Å². The van der Waals surface area contributed by atoms with Crippen LogP contribution in [0.1, 0.15) is 45.7 Å². The lowest BCUT2D eigenvalue weighted by atomic mass is 9.98. The number of nitrogens with one attached hydrogen (secondary N) is 1. The van der Waals surface area contributed by atoms with Crippen LogP contribution in [0.3, 0.4) is 0 Å². The quantitative estimate of drug-likeness (QED) is 0.0837. The summed E-state index contributed by atoms with van der Waals surface area (Å²) in [6.07, 6.45) is 0.768. The summed E-state index contributed by atoms with van der Waals surface area (Å²) in [5.41, 5.74) is 8.24. The SMILES string of the molecule is CN1c2nc(Cl)ncc2OCC1c1cc(F)ccc1C(F)(F)F.COc1cc(N)ccc1-n1cnc(C)c1.COc1cc(Nc2ncc3c(n2)N(C)C(c2cc(F)ccc2C(F)(F)F)CO3)ccc1-n1cnc(C)c1. The van der Waals surface area contributed by atoms with Gasteiger partial charge < -0.3 is 48.9 Å². The van der Waals surface area contributed by atoms with Crippen LogP contribution in [0.5, 0.6) is 23.0 Å². The standard InChI is InChI=1S/C25H22F4N6O2.C14H10ClF4N3O.C11H13N3O/c1-14-11-35(13-31-14)19-7-5-16(9-21(19)36-3)32-24-30-10-22-23(33-24)34(2)20(12-37-22)17-8-15(26)4-6-18(17)25(27,28)29;1-22-10(6-23-11-5-20-13(15)21-12(11)22)8-4-7(16)2-3-9(8)14(17,18)19;1-8-6-14(7-13-8)10-4-3-9(12)5-11(10)15-2/h4-11,13,20H,12H2,1-3H3,(H,30,32,33);2-5,10H,6H2,1H3;3-7H,12H2,1-2H3. The van der Waals surface area contributed by atoms with E-state index in [0.717, 1.165) is 64.9 Å². The molecule has 0 saturated carbocycles. The van der Waals surface area contributed by atoms with Gasteiger partial charge in [-0.15, -0.1) is 0 Å². The number of benzene rings is 4. The Balaban J connectivity index is 0.000000166. The molecule has 6 heterocycles. The van der Waals surface area contributed by atoms with Crippen molar-refractivity contribution in [2.24, 2.45) is 0 Å². The van der Waals surface area contributed by atoms with Gasteiger partial charge in [-0.1, -0.05) is 0 Å². The first kappa shape index (κ1) is 52.9. The summed E-state index contributed by atoms with van der Waals surface area (Å²) in [5.74, 6) is 1.11. The molecular weight excluding hydrogens is 1020 g/mol. The molecule has 10 rings (SSSR count). The highest BCUT2D eigenvalue weighted by atomic mass is 35.5. The van der Waals surface area contributed by atoms with E-state index in [2.05, 4.69) is 35.2 Å². The zero-order valence-electron chi connectivity index (χ0n) is 40.5. The fourth-order valence-corrected chi connectivity index (χ4v) is 8.30. The number of fused-ring (bicyclic) bond motifs is 2. The van der Waals surface area contributed by atoms with Gasteiger partial charge >= 0.3 is 12.4 Å². The Morgan fingerprint density at radius 3 is 1.60 bits per heavy atom. The number of imidazole rings is 2. The fraction of sp³-hybridized carbons (Fsp3) is 0.240. The van der Waals surface area contributed by atoms with Crippen molar-refractivity contribution in [3.05, 3.63) is 161 Å². The second-order valence-corrected chi connectivity index (χ2v) is 17.2. The van der Waals surface area contributed by atoms with Crippen molar-refractivity contribution in [3.8, 4) is 34.4 Å². The number of rotatable bonds is 8. The minimum atomic E-state index is -4.65. The molecule has 16 nitrogen and oxygen atoms in total. The van der Waals surface area contributed by atoms with E-state index in [-0.39, 0.29) is 47.2 Å². The minimum absolute atomic E-state index is 0.0601. The van der Waals surface area contributed by atoms with Crippen LogP contribution < -0.4 is 39.8 Å². The van der Waals surface area contributed by atoms with Crippen LogP contribution in [-0.4, -0.2) is 80.6 Å². The topological polar surface area (TPSA) is 169 Å². The summed E-state index contributed by atoms with van der Waals surface area (Å²) in [7, 11) is 6.30. The van der Waals surface area contributed by atoms with E-state index in [1.54, 1.807) is 59.2 Å². The largest absolute Gasteiger partial charge is 0.494 e. The van der Waals surface area contributed by atoms with Crippen molar-refractivity contribution in [3.63, 3.8) is 0 Å². The molecule has 392 valence electrons. The number of hydrogen-bond donors (Lipinski definition) is 2. The first-order chi connectivity index (χ1) is 35.6. The second kappa shape index (κ2) is 21.6. The third kappa shape index (κ3) is 11.9. The highest BCUT2D eigenvalue weighted by Crippen LogP contribution is 2.44. The van der Waals surface area contributed by atoms with Gasteiger partial charge in [0.15, 0.2) is 23.1 Å². The van der Waals surface area contributed by atoms with Gasteiger partial charge in [-0.3, -0.25) is 0 Å². The molecule has 2 atom stereocenters. The van der Waals surface area contributed by atoms with E-state index < -0.39 is 47.2 Å². The van der Waals surface area contributed by atoms with E-state index in [0.29, 0.717) is 28.6 Å². The highest BCUT2D eigenvalue weighted by molar-refractivity contribution is 6.28. The number of alkyl halides is 6. The molecule has 8 aromatic rings. The molecule has 4 aromatic heterocycles. The van der Waals surface area contributed by atoms with E-state index in [9.17, 15) is 35.1 Å². The summed E-state index contributed by atoms with van der Waals surface area (Å²) in [6.45, 7) is 3.61. The number of halogens is 9. The van der Waals surface area contributed by atoms with Gasteiger partial charge in [0.1, 0.15) is 36.3 Å². The molecular formula is C50H45ClF8N12O4. The maximum absolute atomic E-state index is 13.9. The lowest BCUT2D eigenvalue weighted by molar-refractivity contribution is -0.139. The third-order valence-electron chi connectivity index (χ3n) is 11.8. The first-order valence-corrected chi connectivity index (χ1v) is 22.7.